The van der Waals surface area contributed by atoms with Gasteiger partial charge in [-0.2, -0.15) is 0 Å². The van der Waals surface area contributed by atoms with Crippen LogP contribution < -0.4 is 4.72 Å². The molecular formula is C15H13N3O2S. The van der Waals surface area contributed by atoms with Gasteiger partial charge in [0.15, 0.2) is 0 Å². The van der Waals surface area contributed by atoms with Crippen molar-refractivity contribution in [1.82, 2.24) is 9.97 Å². The first kappa shape index (κ1) is 13.5. The zero-order valence-corrected chi connectivity index (χ0v) is 12.1. The lowest BCUT2D eigenvalue weighted by Gasteiger charge is -2.11. The average molecular weight is 299 g/mol. The molecule has 21 heavy (non-hydrogen) atoms. The molecule has 1 heterocycles. The van der Waals surface area contributed by atoms with Crippen LogP contribution in [0.4, 0.5) is 5.69 Å². The molecule has 0 fully saturated rings. The molecule has 0 amide bonds. The third-order valence-corrected chi connectivity index (χ3v) is 4.54. The number of sulfonamides is 1. The predicted octanol–water partition coefficient (Wildman–Crippen LogP) is 2.74. The summed E-state index contributed by atoms with van der Waals surface area (Å²) in [4.78, 5) is 8.38. The number of fused-ring (bicyclic) bond motifs is 1. The summed E-state index contributed by atoms with van der Waals surface area (Å²) in [5, 5.41) is 0. The third-order valence-electron chi connectivity index (χ3n) is 3.14. The lowest BCUT2D eigenvalue weighted by Crippen LogP contribution is -2.14. The van der Waals surface area contributed by atoms with Gasteiger partial charge >= 0.3 is 0 Å². The van der Waals surface area contributed by atoms with Crippen molar-refractivity contribution in [3.05, 3.63) is 60.4 Å². The first-order valence-corrected chi connectivity index (χ1v) is 7.84. The highest BCUT2D eigenvalue weighted by Gasteiger charge is 2.19. The van der Waals surface area contributed by atoms with Crippen molar-refractivity contribution in [2.24, 2.45) is 0 Å². The third kappa shape index (κ3) is 2.57. The Kier molecular flexibility index (Phi) is 3.31. The van der Waals surface area contributed by atoms with Crippen molar-refractivity contribution in [2.75, 3.05) is 4.72 Å². The smallest absolute Gasteiger partial charge is 0.264 e. The molecule has 0 spiro atoms. The molecular weight excluding hydrogens is 286 g/mol. The molecule has 0 radical (unpaired) electrons. The lowest BCUT2D eigenvalue weighted by molar-refractivity contribution is 0.602. The highest BCUT2D eigenvalue weighted by molar-refractivity contribution is 7.93. The Hall–Kier alpha value is -2.47. The summed E-state index contributed by atoms with van der Waals surface area (Å²) < 4.78 is 27.8. The number of nitrogens with one attached hydrogen (secondary N) is 1. The van der Waals surface area contributed by atoms with E-state index in [9.17, 15) is 8.42 Å². The minimum absolute atomic E-state index is 0.122. The molecule has 5 nitrogen and oxygen atoms in total. The summed E-state index contributed by atoms with van der Waals surface area (Å²) in [5.41, 5.74) is 2.32. The van der Waals surface area contributed by atoms with E-state index in [0.29, 0.717) is 16.7 Å². The molecule has 3 aromatic rings. The first-order valence-electron chi connectivity index (χ1n) is 6.36. The molecule has 0 aliphatic heterocycles. The number of benzene rings is 2. The molecule has 0 unspecified atom stereocenters. The lowest BCUT2D eigenvalue weighted by atomic mass is 10.2. The van der Waals surface area contributed by atoms with Gasteiger partial charge in [0.2, 0.25) is 0 Å². The number of para-hydroxylation sites is 2. The monoisotopic (exact) mass is 299 g/mol. The van der Waals surface area contributed by atoms with Crippen molar-refractivity contribution >= 4 is 26.7 Å². The van der Waals surface area contributed by atoms with Crippen LogP contribution in [-0.2, 0) is 10.0 Å². The Labute approximate surface area is 122 Å². The summed E-state index contributed by atoms with van der Waals surface area (Å²) in [5.74, 6) is 0. The van der Waals surface area contributed by atoms with Crippen molar-refractivity contribution in [3.8, 4) is 0 Å². The number of rotatable bonds is 3. The standard InChI is InChI=1S/C15H13N3O2S/c1-11-5-2-3-6-12(11)18-21(19,20)14-8-4-7-13-15(14)17-10-9-16-13/h2-10,18H,1H3. The highest BCUT2D eigenvalue weighted by Crippen LogP contribution is 2.23. The second kappa shape index (κ2) is 5.14. The fraction of sp³-hybridized carbons (Fsp3) is 0.0667. The van der Waals surface area contributed by atoms with Gasteiger partial charge in [-0.1, -0.05) is 24.3 Å². The van der Waals surface area contributed by atoms with Crippen LogP contribution in [0.1, 0.15) is 5.56 Å². The maximum Gasteiger partial charge on any atom is 0.264 e. The van der Waals surface area contributed by atoms with Gasteiger partial charge in [-0.15, -0.1) is 0 Å². The van der Waals surface area contributed by atoms with E-state index in [2.05, 4.69) is 14.7 Å². The largest absolute Gasteiger partial charge is 0.279 e. The molecule has 2 aromatic carbocycles. The van der Waals surface area contributed by atoms with Crippen molar-refractivity contribution in [2.45, 2.75) is 11.8 Å². The maximum absolute atomic E-state index is 12.6. The van der Waals surface area contributed by atoms with Gasteiger partial charge in [0, 0.05) is 12.4 Å². The molecule has 0 saturated carbocycles. The van der Waals surface area contributed by atoms with Gasteiger partial charge in [0.1, 0.15) is 10.4 Å². The van der Waals surface area contributed by atoms with E-state index in [1.165, 1.54) is 18.5 Å². The van der Waals surface area contributed by atoms with Gasteiger partial charge in [-0.05, 0) is 30.7 Å². The van der Waals surface area contributed by atoms with Crippen molar-refractivity contribution in [1.29, 1.82) is 0 Å². The SMILES string of the molecule is Cc1ccccc1NS(=O)(=O)c1cccc2nccnc12. The molecule has 0 bridgehead atoms. The Morgan fingerprint density at radius 2 is 1.71 bits per heavy atom. The van der Waals surface area contributed by atoms with Gasteiger partial charge in [-0.3, -0.25) is 14.7 Å². The molecule has 0 aliphatic rings. The summed E-state index contributed by atoms with van der Waals surface area (Å²) >= 11 is 0. The van der Waals surface area contributed by atoms with E-state index < -0.39 is 10.0 Å². The van der Waals surface area contributed by atoms with Crippen LogP contribution in [0.25, 0.3) is 11.0 Å². The van der Waals surface area contributed by atoms with Crippen LogP contribution in [0.3, 0.4) is 0 Å². The van der Waals surface area contributed by atoms with E-state index >= 15 is 0 Å². The summed E-state index contributed by atoms with van der Waals surface area (Å²) in [6.45, 7) is 1.85. The Balaban J connectivity index is 2.11. The molecule has 0 atom stereocenters. The van der Waals surface area contributed by atoms with E-state index in [1.54, 1.807) is 24.3 Å². The molecule has 0 aliphatic carbocycles. The second-order valence-electron chi connectivity index (χ2n) is 4.60. The Morgan fingerprint density at radius 1 is 0.952 bits per heavy atom. The van der Waals surface area contributed by atoms with E-state index in [-0.39, 0.29) is 4.90 Å². The van der Waals surface area contributed by atoms with Crippen molar-refractivity contribution in [3.63, 3.8) is 0 Å². The molecule has 0 saturated heterocycles. The van der Waals surface area contributed by atoms with Crippen molar-refractivity contribution < 1.29 is 8.42 Å². The zero-order valence-electron chi connectivity index (χ0n) is 11.3. The number of hydrogen-bond acceptors (Lipinski definition) is 4. The average Bonchev–Trinajstić information content (AvgIpc) is 2.49. The minimum atomic E-state index is -3.71. The second-order valence-corrected chi connectivity index (χ2v) is 6.25. The molecule has 1 N–H and O–H groups in total. The fourth-order valence-corrected chi connectivity index (χ4v) is 3.37. The highest BCUT2D eigenvalue weighted by atomic mass is 32.2. The van der Waals surface area contributed by atoms with E-state index in [1.807, 2.05) is 19.1 Å². The molecule has 106 valence electrons. The topological polar surface area (TPSA) is 72.0 Å². The number of nitrogens with zero attached hydrogens (tertiary/aromatic N) is 2. The minimum Gasteiger partial charge on any atom is -0.279 e. The van der Waals surface area contributed by atoms with Gasteiger partial charge in [-0.25, -0.2) is 8.42 Å². The van der Waals surface area contributed by atoms with Crippen LogP contribution in [0.2, 0.25) is 0 Å². The van der Waals surface area contributed by atoms with Crippen LogP contribution in [0.15, 0.2) is 59.8 Å². The van der Waals surface area contributed by atoms with E-state index in [4.69, 9.17) is 0 Å². The summed E-state index contributed by atoms with van der Waals surface area (Å²) in [6, 6.07) is 12.1. The number of anilines is 1. The van der Waals surface area contributed by atoms with Gasteiger partial charge in [0.05, 0.1) is 11.2 Å². The van der Waals surface area contributed by atoms with Crippen LogP contribution in [0, 0.1) is 6.92 Å². The van der Waals surface area contributed by atoms with Crippen LogP contribution in [-0.4, -0.2) is 18.4 Å². The number of aryl methyl sites for hydroxylation is 1. The normalized spacial score (nSPS) is 11.5. The Morgan fingerprint density at radius 3 is 2.52 bits per heavy atom. The molecule has 6 heteroatoms. The number of hydrogen-bond donors (Lipinski definition) is 1. The van der Waals surface area contributed by atoms with E-state index in [0.717, 1.165) is 5.56 Å². The number of aromatic nitrogens is 2. The first-order chi connectivity index (χ1) is 10.1. The molecule has 3 rings (SSSR count). The fourth-order valence-electron chi connectivity index (χ4n) is 2.07. The van der Waals surface area contributed by atoms with Crippen LogP contribution >= 0.6 is 0 Å². The predicted molar refractivity (Wildman–Crippen MR) is 81.5 cm³/mol. The zero-order chi connectivity index (χ0) is 14.9. The van der Waals surface area contributed by atoms with Gasteiger partial charge < -0.3 is 0 Å². The van der Waals surface area contributed by atoms with Crippen LogP contribution in [0.5, 0.6) is 0 Å². The van der Waals surface area contributed by atoms with Gasteiger partial charge in [0.25, 0.3) is 10.0 Å². The Bertz CT molecular complexity index is 902. The summed E-state index contributed by atoms with van der Waals surface area (Å²) in [6.07, 6.45) is 3.02. The molecule has 1 aromatic heterocycles. The maximum atomic E-state index is 12.6. The summed E-state index contributed by atoms with van der Waals surface area (Å²) in [7, 11) is -3.71. The quantitative estimate of drug-likeness (QED) is 0.807.